The molecule has 0 radical (unpaired) electrons. The van der Waals surface area contributed by atoms with E-state index >= 15 is 0 Å². The zero-order valence-corrected chi connectivity index (χ0v) is 13.6. The second-order valence-electron chi connectivity index (χ2n) is 3.85. The van der Waals surface area contributed by atoms with Crippen LogP contribution in [0.4, 0.5) is 10.3 Å². The summed E-state index contributed by atoms with van der Waals surface area (Å²) in [6, 6.07) is 0. The summed E-state index contributed by atoms with van der Waals surface area (Å²) < 4.78 is 4.81. The minimum Gasteiger partial charge on any atom is -0.486 e. The van der Waals surface area contributed by atoms with Crippen LogP contribution in [0.2, 0.25) is 0 Å². The molecular formula is C12H21N5OS2. The van der Waals surface area contributed by atoms with Crippen molar-refractivity contribution in [2.24, 2.45) is 0 Å². The summed E-state index contributed by atoms with van der Waals surface area (Å²) in [5, 5.41) is 1.96. The molecule has 8 heteroatoms. The number of hydrogen-bond acceptors (Lipinski definition) is 8. The fraction of sp³-hybridized carbons (Fsp3) is 0.500. The maximum Gasteiger partial charge on any atom is 0.195 e. The van der Waals surface area contributed by atoms with Gasteiger partial charge in [0.15, 0.2) is 15.3 Å². The predicted octanol–water partition coefficient (Wildman–Crippen LogP) is 2.30. The second-order valence-corrected chi connectivity index (χ2v) is 6.02. The van der Waals surface area contributed by atoms with Gasteiger partial charge in [0.25, 0.3) is 0 Å². The number of hydrogen-bond donors (Lipinski definition) is 2. The minimum absolute atomic E-state index is 0.543. The molecule has 6 nitrogen and oxygen atoms in total. The topological polar surface area (TPSA) is 90.3 Å². The van der Waals surface area contributed by atoms with Crippen LogP contribution in [0.5, 0.6) is 5.06 Å². The molecule has 0 bridgehead atoms. The van der Waals surface area contributed by atoms with Crippen molar-refractivity contribution in [3.63, 3.8) is 0 Å². The maximum atomic E-state index is 5.53. The average molecular weight is 315 g/mol. The van der Waals surface area contributed by atoms with E-state index in [4.69, 9.17) is 16.2 Å². The zero-order chi connectivity index (χ0) is 15.0. The number of nitrogens with two attached hydrogens (primary N) is 2. The van der Waals surface area contributed by atoms with Crippen molar-refractivity contribution >= 4 is 32.9 Å². The molecule has 0 fully saturated rings. The van der Waals surface area contributed by atoms with Crippen LogP contribution < -0.4 is 16.2 Å². The molecule has 0 aromatic carbocycles. The van der Waals surface area contributed by atoms with E-state index in [0.29, 0.717) is 10.3 Å². The van der Waals surface area contributed by atoms with Gasteiger partial charge in [0.2, 0.25) is 0 Å². The van der Waals surface area contributed by atoms with Crippen LogP contribution in [0.25, 0.3) is 0 Å². The zero-order valence-electron chi connectivity index (χ0n) is 12.0. The first-order valence-corrected chi connectivity index (χ1v) is 7.90. The van der Waals surface area contributed by atoms with E-state index < -0.39 is 0 Å². The third-order valence-corrected chi connectivity index (χ3v) is 4.15. The highest BCUT2D eigenvalue weighted by Gasteiger charge is 2.03. The Kier molecular flexibility index (Phi) is 7.27. The van der Waals surface area contributed by atoms with Gasteiger partial charge in [-0.3, -0.25) is 4.90 Å². The van der Waals surface area contributed by atoms with Crippen molar-refractivity contribution in [1.29, 1.82) is 0 Å². The second kappa shape index (κ2) is 8.72. The van der Waals surface area contributed by atoms with Crippen LogP contribution in [-0.2, 0) is 6.54 Å². The predicted molar refractivity (Wildman–Crippen MR) is 86.2 cm³/mol. The van der Waals surface area contributed by atoms with Crippen molar-refractivity contribution < 1.29 is 4.74 Å². The molecule has 4 N–H and O–H groups in total. The van der Waals surface area contributed by atoms with Crippen molar-refractivity contribution in [2.75, 3.05) is 31.7 Å². The van der Waals surface area contributed by atoms with Crippen LogP contribution in [0.15, 0.2) is 12.4 Å². The average Bonchev–Trinajstić information content (AvgIpc) is 3.05. The first-order valence-electron chi connectivity index (χ1n) is 6.26. The Morgan fingerprint density at radius 1 is 1.10 bits per heavy atom. The summed E-state index contributed by atoms with van der Waals surface area (Å²) in [6.45, 7) is 7.45. The van der Waals surface area contributed by atoms with Crippen molar-refractivity contribution in [1.82, 2.24) is 14.9 Å². The van der Waals surface area contributed by atoms with Crippen LogP contribution in [-0.4, -0.2) is 35.1 Å². The van der Waals surface area contributed by atoms with E-state index in [-0.39, 0.29) is 0 Å². The fourth-order valence-electron chi connectivity index (χ4n) is 1.43. The number of aromatic nitrogens is 2. The SMILES string of the molecule is CCN(CC)Cc1cnc(N)s1.COc1cnc(N)s1. The highest BCUT2D eigenvalue weighted by atomic mass is 32.1. The first kappa shape index (κ1) is 16.7. The number of rotatable bonds is 5. The summed E-state index contributed by atoms with van der Waals surface area (Å²) in [6.07, 6.45) is 3.46. The quantitative estimate of drug-likeness (QED) is 0.880. The molecule has 0 amide bonds. The molecule has 0 aliphatic carbocycles. The molecular weight excluding hydrogens is 294 g/mol. The summed E-state index contributed by atoms with van der Waals surface area (Å²) in [5.74, 6) is 0. The van der Waals surface area contributed by atoms with E-state index in [2.05, 4.69) is 28.7 Å². The molecule has 112 valence electrons. The molecule has 2 aromatic rings. The van der Waals surface area contributed by atoms with E-state index in [1.165, 1.54) is 16.2 Å². The van der Waals surface area contributed by atoms with Gasteiger partial charge in [-0.1, -0.05) is 25.2 Å². The molecule has 2 heterocycles. The van der Waals surface area contributed by atoms with Gasteiger partial charge in [0.05, 0.1) is 13.3 Å². The maximum absolute atomic E-state index is 5.53. The number of nitrogens with zero attached hydrogens (tertiary/aromatic N) is 3. The van der Waals surface area contributed by atoms with Crippen LogP contribution >= 0.6 is 22.7 Å². The number of ether oxygens (including phenoxy) is 1. The standard InChI is InChI=1S/C8H15N3S.C4H6N2OS/c1-3-11(4-2)6-7-5-10-8(9)12-7;1-7-3-2-6-4(5)8-3/h5H,3-4,6H2,1-2H3,(H2,9,10);2H,1H3,(H2,5,6). The Labute approximate surface area is 127 Å². The summed E-state index contributed by atoms with van der Waals surface area (Å²) in [7, 11) is 1.59. The van der Waals surface area contributed by atoms with Gasteiger partial charge < -0.3 is 16.2 Å². The van der Waals surface area contributed by atoms with Gasteiger partial charge in [-0.05, 0) is 13.1 Å². The van der Waals surface area contributed by atoms with Gasteiger partial charge in [-0.2, -0.15) is 0 Å². The molecule has 0 aliphatic rings. The smallest absolute Gasteiger partial charge is 0.195 e. The Bertz CT molecular complexity index is 496. The van der Waals surface area contributed by atoms with Crippen LogP contribution in [0.3, 0.4) is 0 Å². The van der Waals surface area contributed by atoms with Gasteiger partial charge in [-0.25, -0.2) is 9.97 Å². The van der Waals surface area contributed by atoms with Crippen molar-refractivity contribution in [2.45, 2.75) is 20.4 Å². The Hall–Kier alpha value is -1.38. The Morgan fingerprint density at radius 2 is 1.70 bits per heavy atom. The molecule has 0 unspecified atom stereocenters. The van der Waals surface area contributed by atoms with Gasteiger partial charge >= 0.3 is 0 Å². The lowest BCUT2D eigenvalue weighted by atomic mass is 10.4. The number of methoxy groups -OCH3 is 1. The fourth-order valence-corrected chi connectivity index (χ4v) is 2.66. The van der Waals surface area contributed by atoms with Crippen LogP contribution in [0.1, 0.15) is 18.7 Å². The third kappa shape index (κ3) is 5.72. The van der Waals surface area contributed by atoms with Crippen molar-refractivity contribution in [3.8, 4) is 5.06 Å². The van der Waals surface area contributed by atoms with Crippen molar-refractivity contribution in [3.05, 3.63) is 17.3 Å². The molecule has 2 aromatic heterocycles. The molecule has 0 saturated carbocycles. The van der Waals surface area contributed by atoms with E-state index in [0.717, 1.165) is 24.7 Å². The molecule has 0 spiro atoms. The molecule has 0 aliphatic heterocycles. The molecule has 2 rings (SSSR count). The number of anilines is 2. The van der Waals surface area contributed by atoms with E-state index in [1.54, 1.807) is 24.6 Å². The molecule has 20 heavy (non-hydrogen) atoms. The lowest BCUT2D eigenvalue weighted by Crippen LogP contribution is -2.21. The highest BCUT2D eigenvalue weighted by Crippen LogP contribution is 2.21. The van der Waals surface area contributed by atoms with Crippen LogP contribution in [0, 0.1) is 0 Å². The Balaban J connectivity index is 0.000000217. The lowest BCUT2D eigenvalue weighted by molar-refractivity contribution is 0.298. The Morgan fingerprint density at radius 3 is 2.05 bits per heavy atom. The van der Waals surface area contributed by atoms with Gasteiger partial charge in [0.1, 0.15) is 0 Å². The molecule has 0 atom stereocenters. The minimum atomic E-state index is 0.543. The number of nitrogen functional groups attached to an aromatic ring is 2. The molecule has 0 saturated heterocycles. The van der Waals surface area contributed by atoms with E-state index in [1.807, 2.05) is 6.20 Å². The monoisotopic (exact) mass is 315 g/mol. The van der Waals surface area contributed by atoms with E-state index in [9.17, 15) is 0 Å². The first-order chi connectivity index (χ1) is 9.58. The number of thiazole rings is 2. The third-order valence-electron chi connectivity index (χ3n) is 2.55. The summed E-state index contributed by atoms with van der Waals surface area (Å²) >= 11 is 2.90. The lowest BCUT2D eigenvalue weighted by Gasteiger charge is -2.15. The van der Waals surface area contributed by atoms with Gasteiger partial charge in [0, 0.05) is 17.6 Å². The normalized spacial score (nSPS) is 10.2. The summed E-state index contributed by atoms with van der Waals surface area (Å²) in [5.41, 5.74) is 10.8. The van der Waals surface area contributed by atoms with Gasteiger partial charge in [-0.15, -0.1) is 11.3 Å². The highest BCUT2D eigenvalue weighted by molar-refractivity contribution is 7.17. The largest absolute Gasteiger partial charge is 0.486 e. The summed E-state index contributed by atoms with van der Waals surface area (Å²) in [4.78, 5) is 11.4.